The topological polar surface area (TPSA) is 68.8 Å². The summed E-state index contributed by atoms with van der Waals surface area (Å²) in [5.74, 6) is 1.17. The summed E-state index contributed by atoms with van der Waals surface area (Å²) in [6, 6.07) is 12.0. The molecule has 2 heterocycles. The van der Waals surface area contributed by atoms with Gasteiger partial charge in [0.15, 0.2) is 5.82 Å². The van der Waals surface area contributed by atoms with Crippen LogP contribution < -0.4 is 5.32 Å². The first-order valence-electron chi connectivity index (χ1n) is 6.87. The zero-order chi connectivity index (χ0) is 14.7. The summed E-state index contributed by atoms with van der Waals surface area (Å²) >= 11 is 0. The molecule has 1 atom stereocenters. The minimum atomic E-state index is 0.300. The molecule has 0 aliphatic heterocycles. The number of aromatic nitrogens is 4. The van der Waals surface area contributed by atoms with Crippen LogP contribution in [0.15, 0.2) is 47.1 Å². The van der Waals surface area contributed by atoms with E-state index in [1.54, 1.807) is 10.9 Å². The highest BCUT2D eigenvalue weighted by Crippen LogP contribution is 2.20. The number of rotatable bonds is 5. The summed E-state index contributed by atoms with van der Waals surface area (Å²) in [5, 5.41) is 11.5. The molecule has 1 aromatic carbocycles. The van der Waals surface area contributed by atoms with Crippen LogP contribution in [0.4, 0.5) is 0 Å². The van der Waals surface area contributed by atoms with Crippen molar-refractivity contribution in [1.82, 2.24) is 25.2 Å². The van der Waals surface area contributed by atoms with E-state index in [9.17, 15) is 0 Å². The molecule has 3 rings (SSSR count). The van der Waals surface area contributed by atoms with E-state index in [2.05, 4.69) is 27.5 Å². The van der Waals surface area contributed by atoms with Crippen molar-refractivity contribution in [3.63, 3.8) is 0 Å². The van der Waals surface area contributed by atoms with Gasteiger partial charge in [-0.2, -0.15) is 10.1 Å². The Bertz CT molecular complexity index is 704. The van der Waals surface area contributed by atoms with Crippen LogP contribution in [0.1, 0.15) is 12.7 Å². The summed E-state index contributed by atoms with van der Waals surface area (Å²) in [4.78, 5) is 4.45. The first-order valence-corrected chi connectivity index (χ1v) is 6.87. The van der Waals surface area contributed by atoms with Crippen molar-refractivity contribution >= 4 is 0 Å². The Morgan fingerprint density at radius 3 is 2.81 bits per heavy atom. The third kappa shape index (κ3) is 2.85. The molecule has 0 amide bonds. The van der Waals surface area contributed by atoms with Crippen LogP contribution in [0.25, 0.3) is 17.3 Å². The fourth-order valence-electron chi connectivity index (χ4n) is 2.06. The van der Waals surface area contributed by atoms with Gasteiger partial charge in [0.1, 0.15) is 5.69 Å². The molecule has 0 aliphatic rings. The van der Waals surface area contributed by atoms with Crippen molar-refractivity contribution in [1.29, 1.82) is 0 Å². The summed E-state index contributed by atoms with van der Waals surface area (Å²) in [5.41, 5.74) is 1.75. The number of hydrogen-bond donors (Lipinski definition) is 1. The molecule has 2 aromatic heterocycles. The summed E-state index contributed by atoms with van der Waals surface area (Å²) in [6.07, 6.45) is 2.45. The minimum Gasteiger partial charge on any atom is -0.332 e. The molecule has 0 radical (unpaired) electrons. The Kier molecular flexibility index (Phi) is 3.79. The van der Waals surface area contributed by atoms with Gasteiger partial charge in [-0.25, -0.2) is 4.68 Å². The molecule has 0 saturated carbocycles. The van der Waals surface area contributed by atoms with Crippen LogP contribution in [0.5, 0.6) is 0 Å². The Morgan fingerprint density at radius 2 is 2.05 bits per heavy atom. The highest BCUT2D eigenvalue weighted by molar-refractivity contribution is 5.51. The molecule has 108 valence electrons. The quantitative estimate of drug-likeness (QED) is 0.776. The molecule has 0 spiro atoms. The van der Waals surface area contributed by atoms with Crippen LogP contribution >= 0.6 is 0 Å². The van der Waals surface area contributed by atoms with Crippen LogP contribution in [-0.4, -0.2) is 33.0 Å². The van der Waals surface area contributed by atoms with Crippen molar-refractivity contribution < 1.29 is 4.52 Å². The molecule has 6 nitrogen and oxygen atoms in total. The summed E-state index contributed by atoms with van der Waals surface area (Å²) in [7, 11) is 1.91. The first kappa shape index (κ1) is 13.5. The van der Waals surface area contributed by atoms with Gasteiger partial charge >= 0.3 is 0 Å². The highest BCUT2D eigenvalue weighted by Gasteiger charge is 2.15. The van der Waals surface area contributed by atoms with E-state index in [1.165, 1.54) is 0 Å². The van der Waals surface area contributed by atoms with Gasteiger partial charge in [-0.3, -0.25) is 0 Å². The van der Waals surface area contributed by atoms with Crippen molar-refractivity contribution in [2.24, 2.45) is 0 Å². The molecule has 6 heteroatoms. The van der Waals surface area contributed by atoms with Gasteiger partial charge in [0.2, 0.25) is 0 Å². The molecule has 0 aliphatic carbocycles. The Balaban J connectivity index is 1.90. The third-order valence-electron chi connectivity index (χ3n) is 3.31. The maximum Gasteiger partial charge on any atom is 0.276 e. The van der Waals surface area contributed by atoms with Crippen LogP contribution in [0.2, 0.25) is 0 Å². The number of nitrogens with zero attached hydrogens (tertiary/aromatic N) is 4. The second-order valence-corrected chi connectivity index (χ2v) is 4.87. The Morgan fingerprint density at radius 1 is 1.24 bits per heavy atom. The van der Waals surface area contributed by atoms with E-state index in [4.69, 9.17) is 4.52 Å². The van der Waals surface area contributed by atoms with Crippen molar-refractivity contribution in [2.75, 3.05) is 7.05 Å². The average Bonchev–Trinajstić information content (AvgIpc) is 3.16. The zero-order valence-corrected chi connectivity index (χ0v) is 12.0. The number of para-hydroxylation sites is 1. The number of benzene rings is 1. The standard InChI is InChI=1S/C15H17N5O/c1-11(16-2)10-14-18-15(21-19-14)13-8-9-17-20(13)12-6-4-3-5-7-12/h3-9,11,16H,10H2,1-2H3. The fraction of sp³-hybridized carbons (Fsp3) is 0.267. The normalized spacial score (nSPS) is 12.5. The maximum absolute atomic E-state index is 5.37. The second-order valence-electron chi connectivity index (χ2n) is 4.87. The monoisotopic (exact) mass is 283 g/mol. The molecule has 21 heavy (non-hydrogen) atoms. The lowest BCUT2D eigenvalue weighted by Gasteiger charge is -2.05. The lowest BCUT2D eigenvalue weighted by atomic mass is 10.2. The van der Waals surface area contributed by atoms with E-state index in [0.717, 1.165) is 17.8 Å². The Hall–Kier alpha value is -2.47. The van der Waals surface area contributed by atoms with E-state index in [0.29, 0.717) is 17.8 Å². The summed E-state index contributed by atoms with van der Waals surface area (Å²) in [6.45, 7) is 2.07. The molecule has 1 N–H and O–H groups in total. The highest BCUT2D eigenvalue weighted by atomic mass is 16.5. The van der Waals surface area contributed by atoms with Gasteiger partial charge in [0.05, 0.1) is 11.9 Å². The van der Waals surface area contributed by atoms with Crippen LogP contribution in [0, 0.1) is 0 Å². The predicted octanol–water partition coefficient (Wildman–Crippen LogP) is 2.07. The fourth-order valence-corrected chi connectivity index (χ4v) is 2.06. The van der Waals surface area contributed by atoms with Crippen LogP contribution in [0.3, 0.4) is 0 Å². The molecule has 1 unspecified atom stereocenters. The van der Waals surface area contributed by atoms with E-state index >= 15 is 0 Å². The van der Waals surface area contributed by atoms with E-state index in [1.807, 2.05) is 43.4 Å². The van der Waals surface area contributed by atoms with E-state index in [-0.39, 0.29) is 0 Å². The van der Waals surface area contributed by atoms with Crippen LogP contribution in [-0.2, 0) is 6.42 Å². The van der Waals surface area contributed by atoms with Gasteiger partial charge < -0.3 is 9.84 Å². The largest absolute Gasteiger partial charge is 0.332 e. The lowest BCUT2D eigenvalue weighted by molar-refractivity contribution is 0.416. The molecule has 3 aromatic rings. The third-order valence-corrected chi connectivity index (χ3v) is 3.31. The average molecular weight is 283 g/mol. The number of likely N-dealkylation sites (N-methyl/N-ethyl adjacent to an activating group) is 1. The number of nitrogens with one attached hydrogen (secondary N) is 1. The molecular weight excluding hydrogens is 266 g/mol. The molecular formula is C15H17N5O. The number of hydrogen-bond acceptors (Lipinski definition) is 5. The van der Waals surface area contributed by atoms with Gasteiger partial charge in [0.25, 0.3) is 5.89 Å². The van der Waals surface area contributed by atoms with Gasteiger partial charge in [-0.15, -0.1) is 0 Å². The second kappa shape index (κ2) is 5.88. The predicted molar refractivity (Wildman–Crippen MR) is 79.1 cm³/mol. The van der Waals surface area contributed by atoms with Gasteiger partial charge in [0, 0.05) is 12.5 Å². The van der Waals surface area contributed by atoms with Gasteiger partial charge in [-0.1, -0.05) is 23.4 Å². The minimum absolute atomic E-state index is 0.300. The molecule has 0 bridgehead atoms. The first-order chi connectivity index (χ1) is 10.3. The maximum atomic E-state index is 5.37. The molecule has 0 fully saturated rings. The molecule has 0 saturated heterocycles. The summed E-state index contributed by atoms with van der Waals surface area (Å²) < 4.78 is 7.16. The van der Waals surface area contributed by atoms with Crippen molar-refractivity contribution in [3.8, 4) is 17.3 Å². The lowest BCUT2D eigenvalue weighted by Crippen LogP contribution is -2.24. The van der Waals surface area contributed by atoms with Crippen molar-refractivity contribution in [2.45, 2.75) is 19.4 Å². The zero-order valence-electron chi connectivity index (χ0n) is 12.0. The van der Waals surface area contributed by atoms with E-state index < -0.39 is 0 Å². The Labute approximate surface area is 122 Å². The SMILES string of the molecule is CNC(C)Cc1noc(-c2ccnn2-c2ccccc2)n1. The smallest absolute Gasteiger partial charge is 0.276 e. The van der Waals surface area contributed by atoms with Gasteiger partial charge in [-0.05, 0) is 32.2 Å². The van der Waals surface area contributed by atoms with Crippen molar-refractivity contribution in [3.05, 3.63) is 48.4 Å².